The number of amides is 1. The van der Waals surface area contributed by atoms with Crippen molar-refractivity contribution in [2.45, 2.75) is 19.0 Å². The van der Waals surface area contributed by atoms with Gasteiger partial charge >= 0.3 is 0 Å². The summed E-state index contributed by atoms with van der Waals surface area (Å²) in [6.45, 7) is 0.507. The fourth-order valence-electron chi connectivity index (χ4n) is 2.83. The molecule has 0 radical (unpaired) electrons. The van der Waals surface area contributed by atoms with Crippen molar-refractivity contribution >= 4 is 11.6 Å². The number of carbonyl (C=O) groups is 1. The fourth-order valence-corrected chi connectivity index (χ4v) is 2.83. The van der Waals surface area contributed by atoms with Crippen molar-refractivity contribution in [1.82, 2.24) is 5.32 Å². The minimum atomic E-state index is -0.241. The van der Waals surface area contributed by atoms with Gasteiger partial charge in [0.05, 0.1) is 23.9 Å². The number of nitrogens with one attached hydrogen (secondary N) is 1. The molecule has 0 bridgehead atoms. The van der Waals surface area contributed by atoms with Gasteiger partial charge in [0.25, 0.3) is 5.91 Å². The summed E-state index contributed by atoms with van der Waals surface area (Å²) < 4.78 is 5.69. The molecule has 2 aromatic rings. The minimum Gasteiger partial charge on any atom is -0.494 e. The number of ether oxygens (including phenoxy) is 1. The average Bonchev–Trinajstić information content (AvgIpc) is 2.62. The van der Waals surface area contributed by atoms with Crippen molar-refractivity contribution in [1.29, 1.82) is 5.26 Å². The number of carbonyl (C=O) groups excluding carboxylic acids is 1. The number of benzene rings is 2. The molecule has 0 spiro atoms. The van der Waals surface area contributed by atoms with Crippen LogP contribution >= 0.6 is 0 Å². The molecule has 0 saturated heterocycles. The molecular formula is C19H19N3O2. The van der Waals surface area contributed by atoms with Gasteiger partial charge in [-0.25, -0.2) is 0 Å². The number of anilines is 1. The highest BCUT2D eigenvalue weighted by molar-refractivity contribution is 6.01. The Morgan fingerprint density at radius 2 is 2.08 bits per heavy atom. The maximum Gasteiger partial charge on any atom is 0.255 e. The molecule has 1 aliphatic rings. The summed E-state index contributed by atoms with van der Waals surface area (Å²) in [4.78, 5) is 14.4. The predicted molar refractivity (Wildman–Crippen MR) is 91.8 cm³/mol. The molecule has 2 aromatic carbocycles. The van der Waals surface area contributed by atoms with Crippen molar-refractivity contribution in [3.05, 3.63) is 59.7 Å². The van der Waals surface area contributed by atoms with Crippen LogP contribution in [0.15, 0.2) is 48.5 Å². The SMILES string of the molecule is CN1c2ccccc2C(=O)N[C@H]1c1cccc(OCCCC#N)c1. The van der Waals surface area contributed by atoms with Gasteiger partial charge < -0.3 is 15.0 Å². The lowest BCUT2D eigenvalue weighted by atomic mass is 10.0. The second kappa shape index (κ2) is 7.05. The maximum atomic E-state index is 12.3. The van der Waals surface area contributed by atoms with Gasteiger partial charge in [-0.3, -0.25) is 4.79 Å². The third-order valence-corrected chi connectivity index (χ3v) is 4.06. The largest absolute Gasteiger partial charge is 0.494 e. The fraction of sp³-hybridized carbons (Fsp3) is 0.263. The number of rotatable bonds is 5. The Morgan fingerprint density at radius 1 is 1.25 bits per heavy atom. The lowest BCUT2D eigenvalue weighted by Gasteiger charge is -2.36. The van der Waals surface area contributed by atoms with E-state index in [1.807, 2.05) is 60.5 Å². The quantitative estimate of drug-likeness (QED) is 0.859. The summed E-state index contributed by atoms with van der Waals surface area (Å²) in [7, 11) is 1.96. The summed E-state index contributed by atoms with van der Waals surface area (Å²) in [5.41, 5.74) is 2.55. The van der Waals surface area contributed by atoms with Gasteiger partial charge in [-0.1, -0.05) is 24.3 Å². The molecule has 1 heterocycles. The van der Waals surface area contributed by atoms with Crippen molar-refractivity contribution in [3.63, 3.8) is 0 Å². The minimum absolute atomic E-state index is 0.0750. The van der Waals surface area contributed by atoms with Crippen LogP contribution in [0.5, 0.6) is 5.75 Å². The van der Waals surface area contributed by atoms with Gasteiger partial charge in [-0.15, -0.1) is 0 Å². The van der Waals surface area contributed by atoms with Gasteiger partial charge in [0.15, 0.2) is 0 Å². The van der Waals surface area contributed by atoms with Crippen molar-refractivity contribution < 1.29 is 9.53 Å². The van der Waals surface area contributed by atoms with Crippen molar-refractivity contribution in [2.24, 2.45) is 0 Å². The lowest BCUT2D eigenvalue weighted by molar-refractivity contribution is 0.0928. The van der Waals surface area contributed by atoms with Crippen LogP contribution in [-0.4, -0.2) is 19.6 Å². The molecule has 5 heteroatoms. The normalized spacial score (nSPS) is 16.1. The summed E-state index contributed by atoms with van der Waals surface area (Å²) >= 11 is 0. The molecule has 0 unspecified atom stereocenters. The van der Waals surface area contributed by atoms with Gasteiger partial charge in [0, 0.05) is 13.5 Å². The van der Waals surface area contributed by atoms with Crippen LogP contribution in [0.4, 0.5) is 5.69 Å². The summed E-state index contributed by atoms with van der Waals surface area (Å²) in [5, 5.41) is 11.6. The van der Waals surface area contributed by atoms with E-state index in [2.05, 4.69) is 11.4 Å². The van der Waals surface area contributed by atoms with E-state index in [4.69, 9.17) is 10.00 Å². The lowest BCUT2D eigenvalue weighted by Crippen LogP contribution is -2.44. The van der Waals surface area contributed by atoms with Crippen molar-refractivity contribution in [3.8, 4) is 11.8 Å². The number of fused-ring (bicyclic) bond motifs is 1. The van der Waals surface area contributed by atoms with Crippen LogP contribution in [0.3, 0.4) is 0 Å². The molecule has 1 atom stereocenters. The highest BCUT2D eigenvalue weighted by atomic mass is 16.5. The number of unbranched alkanes of at least 4 members (excludes halogenated alkanes) is 1. The zero-order valence-corrected chi connectivity index (χ0v) is 13.5. The summed E-state index contributed by atoms with van der Waals surface area (Å²) in [6.07, 6.45) is 0.946. The Morgan fingerprint density at radius 3 is 2.92 bits per heavy atom. The molecule has 1 amide bonds. The number of hydrogen-bond acceptors (Lipinski definition) is 4. The molecule has 0 saturated carbocycles. The number of para-hydroxylation sites is 1. The molecule has 0 aliphatic carbocycles. The van der Waals surface area contributed by atoms with E-state index >= 15 is 0 Å². The molecule has 24 heavy (non-hydrogen) atoms. The van der Waals surface area contributed by atoms with Crippen LogP contribution < -0.4 is 15.0 Å². The van der Waals surface area contributed by atoms with E-state index < -0.39 is 0 Å². The Hall–Kier alpha value is -3.00. The Labute approximate surface area is 141 Å². The summed E-state index contributed by atoms with van der Waals surface area (Å²) in [5.74, 6) is 0.668. The predicted octanol–water partition coefficient (Wildman–Crippen LogP) is 3.25. The highest BCUT2D eigenvalue weighted by Gasteiger charge is 2.29. The van der Waals surface area contributed by atoms with E-state index in [0.717, 1.165) is 17.0 Å². The van der Waals surface area contributed by atoms with E-state index in [1.54, 1.807) is 0 Å². The van der Waals surface area contributed by atoms with E-state index in [0.29, 0.717) is 25.0 Å². The van der Waals surface area contributed by atoms with Gasteiger partial charge in [-0.05, 0) is 36.2 Å². The second-order valence-corrected chi connectivity index (χ2v) is 5.69. The third kappa shape index (κ3) is 3.18. The smallest absolute Gasteiger partial charge is 0.255 e. The molecule has 1 N–H and O–H groups in total. The molecule has 122 valence electrons. The average molecular weight is 321 g/mol. The Balaban J connectivity index is 1.80. The first-order valence-electron chi connectivity index (χ1n) is 7.93. The number of nitriles is 1. The molecule has 1 aliphatic heterocycles. The van der Waals surface area contributed by atoms with Crippen LogP contribution in [0.25, 0.3) is 0 Å². The first kappa shape index (κ1) is 15.9. The van der Waals surface area contributed by atoms with Crippen LogP contribution in [0, 0.1) is 11.3 Å². The first-order chi connectivity index (χ1) is 11.7. The topological polar surface area (TPSA) is 65.4 Å². The molecule has 0 fully saturated rings. The van der Waals surface area contributed by atoms with Gasteiger partial charge in [-0.2, -0.15) is 5.26 Å². The van der Waals surface area contributed by atoms with Gasteiger partial charge in [0.1, 0.15) is 11.9 Å². The standard InChI is InChI=1S/C19H19N3O2/c1-22-17-10-3-2-9-16(17)19(23)21-18(22)14-7-6-8-15(13-14)24-12-5-4-11-20/h2-3,6-10,13,18H,4-5,12H2,1H3,(H,21,23)/t18-/m1/s1. The molecule has 5 nitrogen and oxygen atoms in total. The second-order valence-electron chi connectivity index (χ2n) is 5.69. The molecule has 0 aromatic heterocycles. The molecule has 3 rings (SSSR count). The maximum absolute atomic E-state index is 12.3. The van der Waals surface area contributed by atoms with Crippen LogP contribution in [0.1, 0.15) is 34.9 Å². The number of hydrogen-bond donors (Lipinski definition) is 1. The van der Waals surface area contributed by atoms with Crippen molar-refractivity contribution in [2.75, 3.05) is 18.6 Å². The Kier molecular flexibility index (Phi) is 4.66. The van der Waals surface area contributed by atoms with Gasteiger partial charge in [0.2, 0.25) is 0 Å². The summed E-state index contributed by atoms with van der Waals surface area (Å²) in [6, 6.07) is 17.4. The number of nitrogens with zero attached hydrogens (tertiary/aromatic N) is 2. The Bertz CT molecular complexity index is 782. The van der Waals surface area contributed by atoms with Crippen LogP contribution in [-0.2, 0) is 0 Å². The third-order valence-electron chi connectivity index (χ3n) is 4.06. The van der Waals surface area contributed by atoms with E-state index in [9.17, 15) is 4.79 Å². The highest BCUT2D eigenvalue weighted by Crippen LogP contribution is 2.32. The van der Waals surface area contributed by atoms with Crippen LogP contribution in [0.2, 0.25) is 0 Å². The monoisotopic (exact) mass is 321 g/mol. The zero-order chi connectivity index (χ0) is 16.9. The van der Waals surface area contributed by atoms with E-state index in [-0.39, 0.29) is 12.1 Å². The van der Waals surface area contributed by atoms with E-state index in [1.165, 1.54) is 0 Å². The molecular weight excluding hydrogens is 302 g/mol. The first-order valence-corrected chi connectivity index (χ1v) is 7.93. The zero-order valence-electron chi connectivity index (χ0n) is 13.5.